The first-order chi connectivity index (χ1) is 12.1. The van der Waals surface area contributed by atoms with Crippen LogP contribution < -0.4 is 5.32 Å². The summed E-state index contributed by atoms with van der Waals surface area (Å²) in [4.78, 5) is 25.8. The number of benzene rings is 2. The Balaban J connectivity index is 2.02. The van der Waals surface area contributed by atoms with Crippen molar-refractivity contribution < 1.29 is 14.3 Å². The summed E-state index contributed by atoms with van der Waals surface area (Å²) in [6, 6.07) is 14.0. The van der Waals surface area contributed by atoms with Crippen LogP contribution in [0.4, 0.5) is 10.5 Å². The van der Waals surface area contributed by atoms with Crippen molar-refractivity contribution in [1.82, 2.24) is 4.90 Å². The molecule has 26 heavy (non-hydrogen) atoms. The average molecular weight is 375 g/mol. The molecule has 0 aliphatic carbocycles. The minimum atomic E-state index is -0.542. The first-order valence-electron chi connectivity index (χ1n) is 8.24. The topological polar surface area (TPSA) is 58.6 Å². The number of hydrogen-bond donors (Lipinski definition) is 1. The summed E-state index contributed by atoms with van der Waals surface area (Å²) in [7, 11) is 1.67. The normalized spacial score (nSPS) is 11.0. The summed E-state index contributed by atoms with van der Waals surface area (Å²) < 4.78 is 5.34. The Kier molecular flexibility index (Phi) is 6.27. The molecule has 0 fully saturated rings. The zero-order valence-electron chi connectivity index (χ0n) is 15.4. The van der Waals surface area contributed by atoms with Crippen molar-refractivity contribution in [2.24, 2.45) is 0 Å². The van der Waals surface area contributed by atoms with Gasteiger partial charge in [0.15, 0.2) is 0 Å². The zero-order valence-corrected chi connectivity index (χ0v) is 16.1. The van der Waals surface area contributed by atoms with Gasteiger partial charge in [-0.3, -0.25) is 4.79 Å². The molecular weight excluding hydrogens is 352 g/mol. The van der Waals surface area contributed by atoms with Gasteiger partial charge in [-0.15, -0.1) is 0 Å². The third-order valence-corrected chi connectivity index (χ3v) is 3.67. The van der Waals surface area contributed by atoms with Crippen molar-refractivity contribution in [3.63, 3.8) is 0 Å². The van der Waals surface area contributed by atoms with Crippen LogP contribution in [0, 0.1) is 0 Å². The second-order valence-electron chi connectivity index (χ2n) is 7.00. The lowest BCUT2D eigenvalue weighted by molar-refractivity contribution is 0.0285. The standard InChI is InChI=1S/C20H23ClN2O3/c1-20(2,3)26-19(25)23(4)13-14-6-5-7-17(12-14)22-18(24)15-8-10-16(21)11-9-15/h5-12H,13H2,1-4H3,(H,22,24). The zero-order chi connectivity index (χ0) is 19.3. The molecule has 0 radical (unpaired) electrons. The highest BCUT2D eigenvalue weighted by Crippen LogP contribution is 2.16. The molecule has 5 nitrogen and oxygen atoms in total. The molecule has 138 valence electrons. The Morgan fingerprint density at radius 1 is 1.12 bits per heavy atom. The Morgan fingerprint density at radius 3 is 2.38 bits per heavy atom. The fourth-order valence-electron chi connectivity index (χ4n) is 2.23. The molecule has 0 unspecified atom stereocenters. The molecule has 6 heteroatoms. The summed E-state index contributed by atoms with van der Waals surface area (Å²) in [6.45, 7) is 5.85. The van der Waals surface area contributed by atoms with E-state index in [1.54, 1.807) is 37.4 Å². The van der Waals surface area contributed by atoms with E-state index < -0.39 is 11.7 Å². The number of amides is 2. The van der Waals surface area contributed by atoms with Gasteiger partial charge in [-0.05, 0) is 62.7 Å². The van der Waals surface area contributed by atoms with E-state index in [2.05, 4.69) is 5.32 Å². The van der Waals surface area contributed by atoms with Gasteiger partial charge in [0.2, 0.25) is 0 Å². The molecule has 0 saturated carbocycles. The lowest BCUT2D eigenvalue weighted by Gasteiger charge is -2.24. The number of nitrogens with zero attached hydrogens (tertiary/aromatic N) is 1. The highest BCUT2D eigenvalue weighted by molar-refractivity contribution is 6.30. The van der Waals surface area contributed by atoms with Gasteiger partial charge < -0.3 is 15.0 Å². The number of rotatable bonds is 4. The minimum absolute atomic E-state index is 0.223. The van der Waals surface area contributed by atoms with Crippen LogP contribution in [0.3, 0.4) is 0 Å². The molecule has 0 heterocycles. The fourth-order valence-corrected chi connectivity index (χ4v) is 2.36. The number of ether oxygens (including phenoxy) is 1. The molecule has 0 bridgehead atoms. The molecule has 1 N–H and O–H groups in total. The smallest absolute Gasteiger partial charge is 0.410 e. The van der Waals surface area contributed by atoms with Crippen LogP contribution in [-0.4, -0.2) is 29.5 Å². The Labute approximate surface area is 158 Å². The molecule has 0 aromatic heterocycles. The molecule has 2 rings (SSSR count). The van der Waals surface area contributed by atoms with Crippen molar-refractivity contribution in [2.75, 3.05) is 12.4 Å². The van der Waals surface area contributed by atoms with E-state index in [0.717, 1.165) is 5.56 Å². The molecule has 2 aromatic rings. The molecule has 0 saturated heterocycles. The molecule has 0 aliphatic rings. The first kappa shape index (κ1) is 19.8. The van der Waals surface area contributed by atoms with Crippen LogP contribution in [0.1, 0.15) is 36.7 Å². The van der Waals surface area contributed by atoms with E-state index >= 15 is 0 Å². The molecule has 2 amide bonds. The van der Waals surface area contributed by atoms with E-state index in [9.17, 15) is 9.59 Å². The van der Waals surface area contributed by atoms with Gasteiger partial charge in [-0.2, -0.15) is 0 Å². The second kappa shape index (κ2) is 8.23. The van der Waals surface area contributed by atoms with Crippen molar-refractivity contribution in [2.45, 2.75) is 32.9 Å². The monoisotopic (exact) mass is 374 g/mol. The number of carbonyl (C=O) groups is 2. The van der Waals surface area contributed by atoms with Gasteiger partial charge in [-0.25, -0.2) is 4.79 Å². The van der Waals surface area contributed by atoms with Crippen LogP contribution in [0.15, 0.2) is 48.5 Å². The predicted molar refractivity (Wildman–Crippen MR) is 104 cm³/mol. The molecule has 2 aromatic carbocycles. The van der Waals surface area contributed by atoms with E-state index in [1.807, 2.05) is 39.0 Å². The summed E-state index contributed by atoms with van der Waals surface area (Å²) in [5, 5.41) is 3.42. The van der Waals surface area contributed by atoms with Crippen LogP contribution in [-0.2, 0) is 11.3 Å². The Morgan fingerprint density at radius 2 is 1.77 bits per heavy atom. The summed E-state index contributed by atoms with van der Waals surface area (Å²) in [5.74, 6) is -0.223. The Bertz CT molecular complexity index is 782. The third-order valence-electron chi connectivity index (χ3n) is 3.42. The number of nitrogens with one attached hydrogen (secondary N) is 1. The number of carbonyl (C=O) groups excluding carboxylic acids is 2. The molecule has 0 aliphatic heterocycles. The second-order valence-corrected chi connectivity index (χ2v) is 7.43. The number of anilines is 1. The molecular formula is C20H23ClN2O3. The van der Waals surface area contributed by atoms with Crippen LogP contribution >= 0.6 is 11.6 Å². The minimum Gasteiger partial charge on any atom is -0.444 e. The Hall–Kier alpha value is -2.53. The van der Waals surface area contributed by atoms with Gasteiger partial charge >= 0.3 is 6.09 Å². The van der Waals surface area contributed by atoms with E-state index in [4.69, 9.17) is 16.3 Å². The lowest BCUT2D eigenvalue weighted by atomic mass is 10.1. The maximum atomic E-state index is 12.3. The summed E-state index contributed by atoms with van der Waals surface area (Å²) in [5.41, 5.74) is 1.51. The number of hydrogen-bond acceptors (Lipinski definition) is 3. The highest BCUT2D eigenvalue weighted by atomic mass is 35.5. The van der Waals surface area contributed by atoms with Crippen molar-refractivity contribution in [3.05, 3.63) is 64.7 Å². The van der Waals surface area contributed by atoms with E-state index in [-0.39, 0.29) is 5.91 Å². The predicted octanol–water partition coefficient (Wildman–Crippen LogP) is 4.96. The summed E-state index contributed by atoms with van der Waals surface area (Å²) in [6.07, 6.45) is -0.395. The SMILES string of the molecule is CN(Cc1cccc(NC(=O)c2ccc(Cl)cc2)c1)C(=O)OC(C)(C)C. The summed E-state index contributed by atoms with van der Waals surface area (Å²) >= 11 is 5.84. The van der Waals surface area contributed by atoms with Gasteiger partial charge in [0, 0.05) is 29.9 Å². The third kappa shape index (κ3) is 6.08. The molecule has 0 spiro atoms. The van der Waals surface area contributed by atoms with Gasteiger partial charge in [-0.1, -0.05) is 23.7 Å². The average Bonchev–Trinajstić information content (AvgIpc) is 2.54. The van der Waals surface area contributed by atoms with Crippen molar-refractivity contribution in [3.8, 4) is 0 Å². The van der Waals surface area contributed by atoms with Crippen LogP contribution in [0.5, 0.6) is 0 Å². The fraction of sp³-hybridized carbons (Fsp3) is 0.300. The highest BCUT2D eigenvalue weighted by Gasteiger charge is 2.19. The first-order valence-corrected chi connectivity index (χ1v) is 8.62. The quantitative estimate of drug-likeness (QED) is 0.822. The van der Waals surface area contributed by atoms with Gasteiger partial charge in [0.25, 0.3) is 5.91 Å². The maximum Gasteiger partial charge on any atom is 0.410 e. The van der Waals surface area contributed by atoms with Gasteiger partial charge in [0.1, 0.15) is 5.60 Å². The van der Waals surface area contributed by atoms with Crippen molar-refractivity contribution in [1.29, 1.82) is 0 Å². The number of halogens is 1. The van der Waals surface area contributed by atoms with Crippen LogP contribution in [0.2, 0.25) is 5.02 Å². The van der Waals surface area contributed by atoms with Crippen LogP contribution in [0.25, 0.3) is 0 Å². The van der Waals surface area contributed by atoms with E-state index in [1.165, 1.54) is 4.90 Å². The molecule has 0 atom stereocenters. The van der Waals surface area contributed by atoms with Gasteiger partial charge in [0.05, 0.1) is 0 Å². The van der Waals surface area contributed by atoms with E-state index in [0.29, 0.717) is 22.8 Å². The maximum absolute atomic E-state index is 12.3. The lowest BCUT2D eigenvalue weighted by Crippen LogP contribution is -2.33. The van der Waals surface area contributed by atoms with Crippen molar-refractivity contribution >= 4 is 29.3 Å². The largest absolute Gasteiger partial charge is 0.444 e.